The molecule has 1 aromatic heterocycles. The van der Waals surface area contributed by atoms with Crippen LogP contribution in [0.3, 0.4) is 0 Å². The lowest BCUT2D eigenvalue weighted by molar-refractivity contribution is -0.133. The Labute approximate surface area is 213 Å². The van der Waals surface area contributed by atoms with Gasteiger partial charge in [-0.05, 0) is 105 Å². The van der Waals surface area contributed by atoms with Crippen molar-refractivity contribution in [2.75, 3.05) is 0 Å². The van der Waals surface area contributed by atoms with Crippen molar-refractivity contribution in [3.63, 3.8) is 0 Å². The topological polar surface area (TPSA) is 58.7 Å². The molecule has 5 rings (SSSR count). The van der Waals surface area contributed by atoms with Crippen molar-refractivity contribution in [2.45, 2.75) is 117 Å². The molecule has 4 aliphatic carbocycles. The Bertz CT molecular complexity index is 931. The van der Waals surface area contributed by atoms with Crippen molar-refractivity contribution in [1.29, 1.82) is 5.26 Å². The summed E-state index contributed by atoms with van der Waals surface area (Å²) in [5.41, 5.74) is 1.33. The Kier molecular flexibility index (Phi) is 7.17. The van der Waals surface area contributed by atoms with E-state index in [0.29, 0.717) is 29.2 Å². The van der Waals surface area contributed by atoms with Gasteiger partial charge in [0, 0.05) is 12.1 Å². The maximum absolute atomic E-state index is 13.7. The first-order valence-corrected chi connectivity index (χ1v) is 14.9. The third-order valence-electron chi connectivity index (χ3n) is 11.5. The number of fused-ring (bicyclic) bond motifs is 1. The Hall–Kier alpha value is -1.63. The first kappa shape index (κ1) is 25.0. The zero-order valence-electron chi connectivity index (χ0n) is 22.5. The number of aromatic nitrogens is 2. The van der Waals surface area contributed by atoms with Crippen molar-refractivity contribution in [3.05, 3.63) is 18.0 Å². The van der Waals surface area contributed by atoms with E-state index in [-0.39, 0.29) is 11.3 Å². The number of nitrogens with zero attached hydrogens (tertiary/aromatic N) is 3. The van der Waals surface area contributed by atoms with E-state index >= 15 is 0 Å². The number of carbonyl (C=O) groups excluding carboxylic acids is 1. The Morgan fingerprint density at radius 3 is 2.49 bits per heavy atom. The molecular weight excluding hydrogens is 430 g/mol. The van der Waals surface area contributed by atoms with Crippen LogP contribution in [0.4, 0.5) is 0 Å². The van der Waals surface area contributed by atoms with E-state index in [1.54, 1.807) is 17.1 Å². The fourth-order valence-electron chi connectivity index (χ4n) is 9.64. The average molecular weight is 478 g/mol. The van der Waals surface area contributed by atoms with Gasteiger partial charge in [-0.2, -0.15) is 10.4 Å². The SMILES string of the molecule is CCCC[C@@H]1C(C2(C3CC3)CCC(C)CC2)CC[C@@]2(CC)C1CC[C@@H]2C(=O)Cn1cc(C#N)cn1. The molecule has 4 heteroatoms. The molecule has 0 N–H and O–H groups in total. The summed E-state index contributed by atoms with van der Waals surface area (Å²) < 4.78 is 1.70. The summed E-state index contributed by atoms with van der Waals surface area (Å²) in [6.45, 7) is 7.52. The van der Waals surface area contributed by atoms with E-state index in [2.05, 4.69) is 31.9 Å². The quantitative estimate of drug-likeness (QED) is 0.368. The van der Waals surface area contributed by atoms with E-state index in [4.69, 9.17) is 5.26 Å². The fourth-order valence-corrected chi connectivity index (χ4v) is 9.64. The van der Waals surface area contributed by atoms with E-state index in [1.807, 2.05) is 0 Å². The number of unbranched alkanes of at least 4 members (excludes halogenated alkanes) is 1. The molecule has 4 fully saturated rings. The second-order valence-electron chi connectivity index (χ2n) is 13.0. The predicted molar refractivity (Wildman–Crippen MR) is 139 cm³/mol. The molecule has 0 saturated heterocycles. The molecule has 0 radical (unpaired) electrons. The highest BCUT2D eigenvalue weighted by molar-refractivity contribution is 5.82. The standard InChI is InChI=1S/C31H47N3O/c1-4-6-7-25-26-10-11-28(29(35)21-34-20-23(18-32)19-33-34)30(26,5-2)17-14-27(25)31(24-8-9-24)15-12-22(3)13-16-31/h19-20,22,24-28H,4-17,21H2,1-3H3/t22?,25-,26?,27?,28+,30-,31?/m0/s1. The van der Waals surface area contributed by atoms with Crippen molar-refractivity contribution in [3.8, 4) is 6.07 Å². The van der Waals surface area contributed by atoms with Gasteiger partial charge in [0.15, 0.2) is 5.78 Å². The summed E-state index contributed by atoms with van der Waals surface area (Å²) in [6, 6.07) is 2.14. The van der Waals surface area contributed by atoms with E-state index in [9.17, 15) is 4.79 Å². The largest absolute Gasteiger partial charge is 0.297 e. The Balaban J connectivity index is 1.41. The third kappa shape index (κ3) is 4.40. The molecule has 0 aromatic carbocycles. The van der Waals surface area contributed by atoms with Gasteiger partial charge in [0.05, 0.1) is 18.3 Å². The van der Waals surface area contributed by atoms with Gasteiger partial charge in [-0.25, -0.2) is 0 Å². The minimum absolute atomic E-state index is 0.167. The van der Waals surface area contributed by atoms with Gasteiger partial charge in [-0.1, -0.05) is 46.5 Å². The summed E-state index contributed by atoms with van der Waals surface area (Å²) in [7, 11) is 0. The number of ketones is 1. The number of Topliss-reactive ketones (excluding diaryl/α,β-unsaturated/α-hetero) is 1. The summed E-state index contributed by atoms with van der Waals surface area (Å²) in [5, 5.41) is 13.4. The van der Waals surface area contributed by atoms with Gasteiger partial charge < -0.3 is 0 Å². The van der Waals surface area contributed by atoms with Crippen molar-refractivity contribution >= 4 is 5.78 Å². The van der Waals surface area contributed by atoms with Crippen LogP contribution >= 0.6 is 0 Å². The molecule has 5 atom stereocenters. The fraction of sp³-hybridized carbons (Fsp3) is 0.839. The van der Waals surface area contributed by atoms with Crippen LogP contribution in [-0.2, 0) is 11.3 Å². The van der Waals surface area contributed by atoms with Crippen LogP contribution in [0.25, 0.3) is 0 Å². The summed E-state index contributed by atoms with van der Waals surface area (Å²) in [6.07, 6.45) is 22.1. The summed E-state index contributed by atoms with van der Waals surface area (Å²) >= 11 is 0. The number of carbonyl (C=O) groups is 1. The number of hydrogen-bond donors (Lipinski definition) is 0. The van der Waals surface area contributed by atoms with Crippen molar-refractivity contribution in [1.82, 2.24) is 9.78 Å². The molecule has 4 aliphatic rings. The molecule has 2 unspecified atom stereocenters. The monoisotopic (exact) mass is 477 g/mol. The highest BCUT2D eigenvalue weighted by Gasteiger charge is 2.62. The van der Waals surface area contributed by atoms with Gasteiger partial charge in [0.25, 0.3) is 0 Å². The maximum Gasteiger partial charge on any atom is 0.157 e. The van der Waals surface area contributed by atoms with Crippen LogP contribution in [0, 0.1) is 57.7 Å². The van der Waals surface area contributed by atoms with E-state index in [1.165, 1.54) is 77.0 Å². The van der Waals surface area contributed by atoms with Crippen LogP contribution in [0.5, 0.6) is 0 Å². The lowest BCUT2D eigenvalue weighted by atomic mass is 9.47. The molecule has 1 heterocycles. The molecule has 0 spiro atoms. The minimum atomic E-state index is 0.167. The van der Waals surface area contributed by atoms with E-state index < -0.39 is 0 Å². The second-order valence-corrected chi connectivity index (χ2v) is 13.0. The molecular formula is C31H47N3O. The molecule has 4 nitrogen and oxygen atoms in total. The van der Waals surface area contributed by atoms with Gasteiger partial charge in [0.1, 0.15) is 6.07 Å². The molecule has 35 heavy (non-hydrogen) atoms. The van der Waals surface area contributed by atoms with Gasteiger partial charge in [0.2, 0.25) is 0 Å². The summed E-state index contributed by atoms with van der Waals surface area (Å²) in [4.78, 5) is 13.7. The molecule has 4 saturated carbocycles. The lowest BCUT2D eigenvalue weighted by Crippen LogP contribution is -2.51. The van der Waals surface area contributed by atoms with Crippen LogP contribution < -0.4 is 0 Å². The highest BCUT2D eigenvalue weighted by Crippen LogP contribution is 2.69. The second kappa shape index (κ2) is 10.0. The van der Waals surface area contributed by atoms with Gasteiger partial charge in [-0.3, -0.25) is 9.48 Å². The van der Waals surface area contributed by atoms with Crippen molar-refractivity contribution in [2.24, 2.45) is 46.3 Å². The van der Waals surface area contributed by atoms with Crippen LogP contribution in [0.1, 0.15) is 116 Å². The third-order valence-corrected chi connectivity index (χ3v) is 11.5. The zero-order valence-corrected chi connectivity index (χ0v) is 22.5. The first-order chi connectivity index (χ1) is 17.0. The van der Waals surface area contributed by atoms with Crippen LogP contribution in [0.15, 0.2) is 12.4 Å². The normalized spacial score (nSPS) is 39.2. The number of hydrogen-bond acceptors (Lipinski definition) is 3. The number of nitriles is 1. The summed E-state index contributed by atoms with van der Waals surface area (Å²) in [5.74, 6) is 4.84. The molecule has 1 aromatic rings. The zero-order chi connectivity index (χ0) is 24.6. The Morgan fingerprint density at radius 1 is 1.09 bits per heavy atom. The van der Waals surface area contributed by atoms with Gasteiger partial charge in [-0.15, -0.1) is 0 Å². The highest BCUT2D eigenvalue weighted by atomic mass is 16.1. The predicted octanol–water partition coefficient (Wildman–Crippen LogP) is 7.57. The van der Waals surface area contributed by atoms with E-state index in [0.717, 1.165) is 36.5 Å². The molecule has 0 amide bonds. The first-order valence-electron chi connectivity index (χ1n) is 14.9. The van der Waals surface area contributed by atoms with Crippen LogP contribution in [-0.4, -0.2) is 15.6 Å². The van der Waals surface area contributed by atoms with Gasteiger partial charge >= 0.3 is 0 Å². The number of rotatable bonds is 9. The maximum atomic E-state index is 13.7. The minimum Gasteiger partial charge on any atom is -0.297 e. The molecule has 0 bridgehead atoms. The molecule has 0 aliphatic heterocycles. The van der Waals surface area contributed by atoms with Crippen LogP contribution in [0.2, 0.25) is 0 Å². The van der Waals surface area contributed by atoms with Crippen molar-refractivity contribution < 1.29 is 4.79 Å². The Morgan fingerprint density at radius 2 is 1.86 bits per heavy atom. The molecule has 192 valence electrons. The average Bonchev–Trinajstić information content (AvgIpc) is 3.51. The lowest BCUT2D eigenvalue weighted by Gasteiger charge is -2.57. The smallest absolute Gasteiger partial charge is 0.157 e.